The van der Waals surface area contributed by atoms with Gasteiger partial charge in [0.25, 0.3) is 0 Å². The number of hydrogen-bond donors (Lipinski definition) is 1. The largest absolute Gasteiger partial charge is 0.497 e. The summed E-state index contributed by atoms with van der Waals surface area (Å²) < 4.78 is 10.2. The van der Waals surface area contributed by atoms with Crippen LogP contribution in [0.5, 0.6) is 11.5 Å². The van der Waals surface area contributed by atoms with Gasteiger partial charge in [-0.2, -0.15) is 5.26 Å². The summed E-state index contributed by atoms with van der Waals surface area (Å²) >= 11 is 0. The molecule has 1 N–H and O–H groups in total. The van der Waals surface area contributed by atoms with Gasteiger partial charge in [-0.05, 0) is 13.8 Å². The van der Waals surface area contributed by atoms with E-state index in [1.807, 2.05) is 6.07 Å². The molecule has 0 aliphatic heterocycles. The Bertz CT molecular complexity index is 467. The molecule has 0 heterocycles. The first kappa shape index (κ1) is 13.8. The fourth-order valence-corrected chi connectivity index (χ4v) is 1.22. The molecule has 0 fully saturated rings. The maximum absolute atomic E-state index is 11.8. The number of nitriles is 1. The smallest absolute Gasteiger partial charge is 0.244 e. The molecule has 1 rings (SSSR count). The number of benzene rings is 1. The molecule has 1 aromatic carbocycles. The van der Waals surface area contributed by atoms with Gasteiger partial charge in [-0.25, -0.2) is 0 Å². The summed E-state index contributed by atoms with van der Waals surface area (Å²) in [6, 6.07) is 6.96. The van der Waals surface area contributed by atoms with Crippen molar-refractivity contribution >= 4 is 11.6 Å². The molecule has 0 atom stereocenters. The summed E-state index contributed by atoms with van der Waals surface area (Å²) in [6.45, 7) is 3.11. The van der Waals surface area contributed by atoms with Crippen molar-refractivity contribution in [3.8, 4) is 17.6 Å². The van der Waals surface area contributed by atoms with E-state index in [1.165, 1.54) is 14.2 Å². The predicted molar refractivity (Wildman–Crippen MR) is 67.6 cm³/mol. The van der Waals surface area contributed by atoms with E-state index in [0.717, 1.165) is 0 Å². The lowest BCUT2D eigenvalue weighted by Gasteiger charge is -2.16. The zero-order valence-electron chi connectivity index (χ0n) is 10.9. The van der Waals surface area contributed by atoms with E-state index in [4.69, 9.17) is 14.7 Å². The third-order valence-corrected chi connectivity index (χ3v) is 2.46. The second-order valence-electron chi connectivity index (χ2n) is 4.29. The van der Waals surface area contributed by atoms with E-state index in [0.29, 0.717) is 17.2 Å². The van der Waals surface area contributed by atoms with E-state index in [-0.39, 0.29) is 5.91 Å². The Labute approximate surface area is 106 Å². The zero-order valence-corrected chi connectivity index (χ0v) is 10.9. The van der Waals surface area contributed by atoms with Crippen molar-refractivity contribution in [2.45, 2.75) is 13.8 Å². The van der Waals surface area contributed by atoms with Gasteiger partial charge in [0.05, 0.1) is 20.3 Å². The van der Waals surface area contributed by atoms with Crippen LogP contribution in [0.4, 0.5) is 5.69 Å². The molecule has 0 aromatic heterocycles. The predicted octanol–water partition coefficient (Wildman–Crippen LogP) is 2.19. The van der Waals surface area contributed by atoms with Gasteiger partial charge in [0.1, 0.15) is 16.9 Å². The second kappa shape index (κ2) is 5.41. The van der Waals surface area contributed by atoms with Gasteiger partial charge in [-0.15, -0.1) is 0 Å². The molecule has 0 bridgehead atoms. The fraction of sp³-hybridized carbons (Fsp3) is 0.385. The summed E-state index contributed by atoms with van der Waals surface area (Å²) in [5.41, 5.74) is -0.560. The highest BCUT2D eigenvalue weighted by Crippen LogP contribution is 2.27. The molecular weight excluding hydrogens is 232 g/mol. The van der Waals surface area contributed by atoms with E-state index < -0.39 is 5.41 Å². The lowest BCUT2D eigenvalue weighted by Crippen LogP contribution is -2.29. The van der Waals surface area contributed by atoms with Gasteiger partial charge in [0.2, 0.25) is 5.91 Å². The summed E-state index contributed by atoms with van der Waals surface area (Å²) in [6.07, 6.45) is 0. The van der Waals surface area contributed by atoms with Gasteiger partial charge in [-0.3, -0.25) is 4.79 Å². The fourth-order valence-electron chi connectivity index (χ4n) is 1.22. The molecule has 96 valence electrons. The van der Waals surface area contributed by atoms with Crippen molar-refractivity contribution in [2.75, 3.05) is 19.5 Å². The normalized spacial score (nSPS) is 10.4. The minimum Gasteiger partial charge on any atom is -0.497 e. The van der Waals surface area contributed by atoms with Gasteiger partial charge < -0.3 is 14.8 Å². The molecule has 1 aromatic rings. The van der Waals surface area contributed by atoms with Crippen LogP contribution in [0, 0.1) is 16.7 Å². The molecule has 0 spiro atoms. The average Bonchev–Trinajstić information content (AvgIpc) is 2.37. The summed E-state index contributed by atoms with van der Waals surface area (Å²) in [5, 5.41) is 11.5. The molecular formula is C13H16N2O3. The SMILES string of the molecule is COc1cc(NC(=O)C(C)(C)C#N)cc(OC)c1. The minimum atomic E-state index is -1.09. The molecule has 5 heteroatoms. The summed E-state index contributed by atoms with van der Waals surface area (Å²) in [7, 11) is 3.05. The van der Waals surface area contributed by atoms with Crippen molar-refractivity contribution < 1.29 is 14.3 Å². The number of anilines is 1. The van der Waals surface area contributed by atoms with Gasteiger partial charge >= 0.3 is 0 Å². The van der Waals surface area contributed by atoms with Crippen molar-refractivity contribution in [2.24, 2.45) is 5.41 Å². The third kappa shape index (κ3) is 3.14. The molecule has 1 amide bonds. The van der Waals surface area contributed by atoms with Crippen molar-refractivity contribution in [3.63, 3.8) is 0 Å². The lowest BCUT2D eigenvalue weighted by molar-refractivity contribution is -0.121. The zero-order chi connectivity index (χ0) is 13.8. The van der Waals surface area contributed by atoms with Crippen LogP contribution in [-0.4, -0.2) is 20.1 Å². The Morgan fingerprint density at radius 1 is 1.22 bits per heavy atom. The number of carbonyl (C=O) groups excluding carboxylic acids is 1. The molecule has 0 aliphatic carbocycles. The van der Waals surface area contributed by atoms with Crippen molar-refractivity contribution in [3.05, 3.63) is 18.2 Å². The summed E-state index contributed by atoms with van der Waals surface area (Å²) in [5.74, 6) is 0.763. The standard InChI is InChI=1S/C13H16N2O3/c1-13(2,8-14)12(16)15-9-5-10(17-3)7-11(6-9)18-4/h5-7H,1-4H3,(H,15,16). The highest BCUT2D eigenvalue weighted by molar-refractivity contribution is 5.96. The maximum Gasteiger partial charge on any atom is 0.244 e. The van der Waals surface area contributed by atoms with E-state index in [1.54, 1.807) is 32.0 Å². The first-order chi connectivity index (χ1) is 8.42. The summed E-state index contributed by atoms with van der Waals surface area (Å²) in [4.78, 5) is 11.8. The number of amides is 1. The number of hydrogen-bond acceptors (Lipinski definition) is 4. The number of carbonyl (C=O) groups is 1. The van der Waals surface area contributed by atoms with Crippen molar-refractivity contribution in [1.29, 1.82) is 5.26 Å². The van der Waals surface area contributed by atoms with Crippen LogP contribution in [0.25, 0.3) is 0 Å². The van der Waals surface area contributed by atoms with Crippen LogP contribution < -0.4 is 14.8 Å². The minimum absolute atomic E-state index is 0.375. The van der Waals surface area contributed by atoms with Gasteiger partial charge in [-0.1, -0.05) is 0 Å². The highest BCUT2D eigenvalue weighted by atomic mass is 16.5. The third-order valence-electron chi connectivity index (χ3n) is 2.46. The molecule has 0 saturated heterocycles. The number of methoxy groups -OCH3 is 2. The second-order valence-corrected chi connectivity index (χ2v) is 4.29. The Morgan fingerprint density at radius 2 is 1.72 bits per heavy atom. The molecule has 18 heavy (non-hydrogen) atoms. The van der Waals surface area contributed by atoms with Crippen molar-refractivity contribution in [1.82, 2.24) is 0 Å². The topological polar surface area (TPSA) is 71.3 Å². The molecule has 0 saturated carbocycles. The molecule has 0 radical (unpaired) electrons. The number of nitrogens with one attached hydrogen (secondary N) is 1. The van der Waals surface area contributed by atoms with Gasteiger partial charge in [0.15, 0.2) is 0 Å². The van der Waals surface area contributed by atoms with E-state index in [9.17, 15) is 4.79 Å². The lowest BCUT2D eigenvalue weighted by atomic mass is 9.94. The van der Waals surface area contributed by atoms with Crippen LogP contribution in [0.3, 0.4) is 0 Å². The number of rotatable bonds is 4. The molecule has 5 nitrogen and oxygen atoms in total. The van der Waals surface area contributed by atoms with Crippen LogP contribution in [-0.2, 0) is 4.79 Å². The number of nitrogens with zero attached hydrogens (tertiary/aromatic N) is 1. The first-order valence-electron chi connectivity index (χ1n) is 5.38. The van der Waals surface area contributed by atoms with Crippen LogP contribution in [0.15, 0.2) is 18.2 Å². The van der Waals surface area contributed by atoms with Crippen LogP contribution in [0.1, 0.15) is 13.8 Å². The maximum atomic E-state index is 11.8. The number of ether oxygens (including phenoxy) is 2. The van der Waals surface area contributed by atoms with Gasteiger partial charge in [0, 0.05) is 23.9 Å². The molecule has 0 unspecified atom stereocenters. The monoisotopic (exact) mass is 248 g/mol. The van der Waals surface area contributed by atoms with Crippen LogP contribution >= 0.6 is 0 Å². The Hall–Kier alpha value is -2.22. The Kier molecular flexibility index (Phi) is 4.16. The highest BCUT2D eigenvalue weighted by Gasteiger charge is 2.27. The quantitative estimate of drug-likeness (QED) is 0.886. The van der Waals surface area contributed by atoms with E-state index in [2.05, 4.69) is 5.32 Å². The Morgan fingerprint density at radius 3 is 2.11 bits per heavy atom. The van der Waals surface area contributed by atoms with E-state index >= 15 is 0 Å². The van der Waals surface area contributed by atoms with Crippen LogP contribution in [0.2, 0.25) is 0 Å². The Balaban J connectivity index is 2.98. The average molecular weight is 248 g/mol. The first-order valence-corrected chi connectivity index (χ1v) is 5.38. The molecule has 0 aliphatic rings.